The highest BCUT2D eigenvalue weighted by Crippen LogP contribution is 2.29. The Morgan fingerprint density at radius 1 is 1.29 bits per heavy atom. The molecule has 3 rings (SSSR count). The lowest BCUT2D eigenvalue weighted by Crippen LogP contribution is -2.24. The number of fused-ring (bicyclic) bond motifs is 1. The van der Waals surface area contributed by atoms with E-state index in [1.54, 1.807) is 0 Å². The first kappa shape index (κ1) is 17.2. The van der Waals surface area contributed by atoms with Crippen molar-refractivity contribution in [2.24, 2.45) is 5.92 Å². The minimum Gasteiger partial charge on any atom is -0.381 e. The van der Waals surface area contributed by atoms with E-state index in [9.17, 15) is 0 Å². The van der Waals surface area contributed by atoms with Gasteiger partial charge < -0.3 is 10.1 Å². The second kappa shape index (κ2) is 7.09. The number of aryl methyl sites for hydroxylation is 1. The Morgan fingerprint density at radius 3 is 2.62 bits per heavy atom. The molecule has 24 heavy (non-hydrogen) atoms. The number of hydrogen-bond donors (Lipinski definition) is 1. The number of hydrogen-bond acceptors (Lipinski definition) is 4. The van der Waals surface area contributed by atoms with Crippen LogP contribution in [0, 0.1) is 12.8 Å². The third-order valence-corrected chi connectivity index (χ3v) is 5.28. The fourth-order valence-electron chi connectivity index (χ4n) is 3.32. The van der Waals surface area contributed by atoms with Gasteiger partial charge in [-0.15, -0.1) is 0 Å². The molecule has 1 aliphatic heterocycles. The predicted octanol–water partition coefficient (Wildman–Crippen LogP) is 3.95. The summed E-state index contributed by atoms with van der Waals surface area (Å²) in [5.41, 5.74) is 4.46. The molecule has 1 unspecified atom stereocenters. The van der Waals surface area contributed by atoms with Gasteiger partial charge in [-0.25, -0.2) is 4.98 Å². The summed E-state index contributed by atoms with van der Waals surface area (Å²) in [5, 5.41) is 8.63. The van der Waals surface area contributed by atoms with E-state index in [1.807, 2.05) is 4.52 Å². The molecule has 5 nitrogen and oxygen atoms in total. The van der Waals surface area contributed by atoms with Gasteiger partial charge in [0.1, 0.15) is 5.82 Å². The van der Waals surface area contributed by atoms with E-state index in [0.717, 1.165) is 55.3 Å². The Labute approximate surface area is 144 Å². The normalized spacial score (nSPS) is 17.6. The van der Waals surface area contributed by atoms with Crippen LogP contribution < -0.4 is 5.32 Å². The van der Waals surface area contributed by atoms with E-state index in [1.165, 1.54) is 5.56 Å². The van der Waals surface area contributed by atoms with Crippen LogP contribution in [0.25, 0.3) is 5.65 Å². The van der Waals surface area contributed by atoms with Crippen LogP contribution >= 0.6 is 0 Å². The first-order chi connectivity index (χ1) is 11.5. The molecule has 0 amide bonds. The van der Waals surface area contributed by atoms with Gasteiger partial charge in [-0.3, -0.25) is 0 Å². The Hall–Kier alpha value is -1.62. The second-order valence-corrected chi connectivity index (χ2v) is 7.28. The fraction of sp³-hybridized carbons (Fsp3) is 0.684. The average molecular weight is 330 g/mol. The Morgan fingerprint density at radius 2 is 2.00 bits per heavy atom. The quantitative estimate of drug-likeness (QED) is 0.902. The van der Waals surface area contributed by atoms with E-state index in [-0.39, 0.29) is 0 Å². The van der Waals surface area contributed by atoms with Crippen LogP contribution in [-0.2, 0) is 11.2 Å². The van der Waals surface area contributed by atoms with Crippen molar-refractivity contribution in [2.75, 3.05) is 18.5 Å². The Kier molecular flexibility index (Phi) is 5.09. The van der Waals surface area contributed by atoms with Crippen LogP contribution in [-0.4, -0.2) is 33.9 Å². The number of ether oxygens (including phenoxy) is 1. The predicted molar refractivity (Wildman–Crippen MR) is 97.8 cm³/mol. The average Bonchev–Trinajstić information content (AvgIpc) is 2.99. The molecule has 0 saturated carbocycles. The first-order valence-electron chi connectivity index (χ1n) is 9.24. The molecule has 1 aliphatic rings. The van der Waals surface area contributed by atoms with Gasteiger partial charge in [-0.2, -0.15) is 9.61 Å². The molecular formula is C19H30N4O. The molecule has 1 atom stereocenters. The van der Waals surface area contributed by atoms with Crippen molar-refractivity contribution < 1.29 is 4.74 Å². The van der Waals surface area contributed by atoms with Crippen LogP contribution in [0.1, 0.15) is 63.4 Å². The lowest BCUT2D eigenvalue weighted by molar-refractivity contribution is 0.0844. The third-order valence-electron chi connectivity index (χ3n) is 5.28. The Balaban J connectivity index is 2.06. The number of rotatable bonds is 5. The van der Waals surface area contributed by atoms with Gasteiger partial charge in [0.25, 0.3) is 0 Å². The maximum atomic E-state index is 5.49. The number of anilines is 1. The van der Waals surface area contributed by atoms with Crippen molar-refractivity contribution in [1.29, 1.82) is 0 Å². The van der Waals surface area contributed by atoms with E-state index < -0.39 is 0 Å². The van der Waals surface area contributed by atoms with Crippen LogP contribution in [0.3, 0.4) is 0 Å². The molecule has 1 fully saturated rings. The van der Waals surface area contributed by atoms with Crippen molar-refractivity contribution in [3.63, 3.8) is 0 Å². The summed E-state index contributed by atoms with van der Waals surface area (Å²) in [7, 11) is 0. The molecule has 0 radical (unpaired) electrons. The summed E-state index contributed by atoms with van der Waals surface area (Å²) in [6.45, 7) is 12.7. The van der Waals surface area contributed by atoms with Crippen LogP contribution in [0.2, 0.25) is 0 Å². The molecule has 0 bridgehead atoms. The minimum atomic E-state index is 0.385. The van der Waals surface area contributed by atoms with Crippen LogP contribution in [0.15, 0.2) is 6.07 Å². The summed E-state index contributed by atoms with van der Waals surface area (Å²) < 4.78 is 7.51. The summed E-state index contributed by atoms with van der Waals surface area (Å²) in [5.74, 6) is 2.16. The monoisotopic (exact) mass is 330 g/mol. The maximum Gasteiger partial charge on any atom is 0.157 e. The van der Waals surface area contributed by atoms with E-state index in [0.29, 0.717) is 17.9 Å². The van der Waals surface area contributed by atoms with Gasteiger partial charge in [-0.05, 0) is 39.0 Å². The number of nitrogens with zero attached hydrogens (tertiary/aromatic N) is 3. The fourth-order valence-corrected chi connectivity index (χ4v) is 3.32. The summed E-state index contributed by atoms with van der Waals surface area (Å²) in [6, 6.07) is 2.55. The van der Waals surface area contributed by atoms with Crippen LogP contribution in [0.4, 0.5) is 5.82 Å². The molecular weight excluding hydrogens is 300 g/mol. The molecule has 2 aromatic rings. The van der Waals surface area contributed by atoms with Crippen molar-refractivity contribution in [2.45, 2.75) is 65.8 Å². The zero-order valence-corrected chi connectivity index (χ0v) is 15.6. The molecule has 2 aromatic heterocycles. The van der Waals surface area contributed by atoms with Crippen molar-refractivity contribution in [3.8, 4) is 0 Å². The number of aromatic nitrogens is 3. The lowest BCUT2D eigenvalue weighted by atomic mass is 9.97. The van der Waals surface area contributed by atoms with Gasteiger partial charge in [0.2, 0.25) is 0 Å². The van der Waals surface area contributed by atoms with Crippen molar-refractivity contribution in [1.82, 2.24) is 14.6 Å². The molecule has 1 saturated heterocycles. The van der Waals surface area contributed by atoms with E-state index >= 15 is 0 Å². The Bertz CT molecular complexity index is 701. The molecule has 132 valence electrons. The minimum absolute atomic E-state index is 0.385. The molecule has 0 spiro atoms. The first-order valence-corrected chi connectivity index (χ1v) is 9.24. The summed E-state index contributed by atoms with van der Waals surface area (Å²) in [4.78, 5) is 4.80. The van der Waals surface area contributed by atoms with Crippen molar-refractivity contribution >= 4 is 11.5 Å². The zero-order valence-electron chi connectivity index (χ0n) is 15.6. The molecule has 3 heterocycles. The van der Waals surface area contributed by atoms with Gasteiger partial charge in [-0.1, -0.05) is 20.8 Å². The topological polar surface area (TPSA) is 51.5 Å². The van der Waals surface area contributed by atoms with Crippen molar-refractivity contribution in [3.05, 3.63) is 23.0 Å². The highest BCUT2D eigenvalue weighted by atomic mass is 16.5. The zero-order chi connectivity index (χ0) is 17.3. The van der Waals surface area contributed by atoms with E-state index in [4.69, 9.17) is 14.8 Å². The maximum absolute atomic E-state index is 5.49. The summed E-state index contributed by atoms with van der Waals surface area (Å²) >= 11 is 0. The van der Waals surface area contributed by atoms with Gasteiger partial charge in [0.15, 0.2) is 5.65 Å². The lowest BCUT2D eigenvalue weighted by Gasteiger charge is -2.22. The number of nitrogens with one attached hydrogen (secondary N) is 1. The molecule has 1 N–H and O–H groups in total. The van der Waals surface area contributed by atoms with Gasteiger partial charge in [0, 0.05) is 42.5 Å². The van der Waals surface area contributed by atoms with Gasteiger partial charge >= 0.3 is 0 Å². The largest absolute Gasteiger partial charge is 0.381 e. The third kappa shape index (κ3) is 3.27. The molecule has 5 heteroatoms. The SMILES string of the molecule is CCc1c(C)nc2cc(C3CCOCC3)nn2c1NC(C)C(C)C. The molecule has 0 aromatic carbocycles. The highest BCUT2D eigenvalue weighted by molar-refractivity contribution is 5.56. The second-order valence-electron chi connectivity index (χ2n) is 7.28. The highest BCUT2D eigenvalue weighted by Gasteiger charge is 2.22. The van der Waals surface area contributed by atoms with Crippen LogP contribution in [0.5, 0.6) is 0 Å². The van der Waals surface area contributed by atoms with Gasteiger partial charge in [0.05, 0.1) is 5.69 Å². The standard InChI is InChI=1S/C19H30N4O/c1-6-16-14(5)20-18-11-17(15-7-9-24-10-8-15)22-23(18)19(16)21-13(4)12(2)3/h11-13,15,21H,6-10H2,1-5H3. The summed E-state index contributed by atoms with van der Waals surface area (Å²) in [6.07, 6.45) is 3.05. The van der Waals surface area contributed by atoms with E-state index in [2.05, 4.69) is 46.0 Å². The smallest absolute Gasteiger partial charge is 0.157 e. The molecule has 0 aliphatic carbocycles.